The Morgan fingerprint density at radius 2 is 1.93 bits per heavy atom. The molecule has 4 rings (SSSR count). The van der Waals surface area contributed by atoms with Crippen molar-refractivity contribution in [1.29, 1.82) is 0 Å². The summed E-state index contributed by atoms with van der Waals surface area (Å²) in [7, 11) is 3.29. The summed E-state index contributed by atoms with van der Waals surface area (Å²) in [5.74, 6) is -2.26. The van der Waals surface area contributed by atoms with Crippen molar-refractivity contribution in [2.45, 2.75) is 32.4 Å². The van der Waals surface area contributed by atoms with Gasteiger partial charge in [0, 0.05) is 44.4 Å². The van der Waals surface area contributed by atoms with Crippen molar-refractivity contribution >= 4 is 28.5 Å². The number of aromatic amines is 1. The molecule has 0 atom stereocenters. The lowest BCUT2D eigenvalue weighted by Gasteiger charge is -2.08. The van der Waals surface area contributed by atoms with E-state index < -0.39 is 23.0 Å². The summed E-state index contributed by atoms with van der Waals surface area (Å²) in [6, 6.07) is 8.46. The van der Waals surface area contributed by atoms with Crippen molar-refractivity contribution in [3.63, 3.8) is 0 Å². The van der Waals surface area contributed by atoms with Crippen LogP contribution in [0.5, 0.6) is 5.75 Å². The molecule has 0 radical (unpaired) electrons. The van der Waals surface area contributed by atoms with Crippen LogP contribution >= 0.6 is 0 Å². The Morgan fingerprint density at radius 1 is 1.12 bits per heavy atom. The van der Waals surface area contributed by atoms with Gasteiger partial charge < -0.3 is 24.5 Å². The molecule has 12 heteroatoms. The molecule has 0 unspecified atom stereocenters. The van der Waals surface area contributed by atoms with Crippen LogP contribution in [0.1, 0.15) is 30.7 Å². The first-order valence-corrected chi connectivity index (χ1v) is 12.7. The van der Waals surface area contributed by atoms with Gasteiger partial charge in [-0.15, -0.1) is 0 Å². The molecular formula is C29H28F3N5O4. The number of imidazole rings is 1. The number of likely N-dealkylation sites (N-methyl/N-ethyl adjacent to an activating group) is 1. The maximum Gasteiger partial charge on any atom is 0.274 e. The summed E-state index contributed by atoms with van der Waals surface area (Å²) in [5, 5.41) is 2.61. The molecule has 9 nitrogen and oxygen atoms in total. The highest BCUT2D eigenvalue weighted by Crippen LogP contribution is 2.27. The van der Waals surface area contributed by atoms with Gasteiger partial charge in [0.25, 0.3) is 5.56 Å². The number of carbonyl (C=O) groups excluding carboxylic acids is 2. The monoisotopic (exact) mass is 567 g/mol. The molecule has 214 valence electrons. The highest BCUT2D eigenvalue weighted by Gasteiger charge is 2.15. The van der Waals surface area contributed by atoms with Gasteiger partial charge in [-0.25, -0.2) is 18.2 Å². The predicted molar refractivity (Wildman–Crippen MR) is 147 cm³/mol. The van der Waals surface area contributed by atoms with E-state index in [1.54, 1.807) is 26.2 Å². The molecule has 0 fully saturated rings. The molecule has 0 aliphatic heterocycles. The number of hydrogen-bond acceptors (Lipinski definition) is 5. The second-order valence-electron chi connectivity index (χ2n) is 9.44. The minimum atomic E-state index is -0.792. The summed E-state index contributed by atoms with van der Waals surface area (Å²) in [4.78, 5) is 45.7. The van der Waals surface area contributed by atoms with Crippen LogP contribution in [-0.2, 0) is 22.7 Å². The quantitative estimate of drug-likeness (QED) is 0.205. The molecule has 0 spiro atoms. The summed E-state index contributed by atoms with van der Waals surface area (Å²) in [6.45, 7) is -0.297. The van der Waals surface area contributed by atoms with E-state index in [2.05, 4.69) is 15.3 Å². The molecule has 2 amide bonds. The van der Waals surface area contributed by atoms with Gasteiger partial charge >= 0.3 is 0 Å². The van der Waals surface area contributed by atoms with Gasteiger partial charge in [0.1, 0.15) is 41.1 Å². The number of benzene rings is 2. The van der Waals surface area contributed by atoms with E-state index in [-0.39, 0.29) is 53.9 Å². The second-order valence-corrected chi connectivity index (χ2v) is 9.44. The number of pyridine rings is 1. The molecule has 0 saturated carbocycles. The fourth-order valence-electron chi connectivity index (χ4n) is 3.93. The fourth-order valence-corrected chi connectivity index (χ4v) is 3.93. The maximum atomic E-state index is 14.3. The Hall–Kier alpha value is -4.87. The zero-order valence-corrected chi connectivity index (χ0v) is 22.4. The van der Waals surface area contributed by atoms with Crippen LogP contribution in [0.2, 0.25) is 0 Å². The van der Waals surface area contributed by atoms with Gasteiger partial charge in [0.05, 0.1) is 12.1 Å². The summed E-state index contributed by atoms with van der Waals surface area (Å²) >= 11 is 0. The SMILES string of the molecule is CN(C)C(=O)/C=C/CCCC(=O)Nc1cccn(Cc2nc3c(OCc4ccc(F)cc4F)cc(F)cc3[nH]2)c1=O. The van der Waals surface area contributed by atoms with Gasteiger partial charge in [0.2, 0.25) is 11.8 Å². The lowest BCUT2D eigenvalue weighted by molar-refractivity contribution is -0.123. The van der Waals surface area contributed by atoms with Gasteiger partial charge in [-0.3, -0.25) is 14.4 Å². The largest absolute Gasteiger partial charge is 0.486 e. The average Bonchev–Trinajstić information content (AvgIpc) is 3.32. The number of nitrogens with one attached hydrogen (secondary N) is 2. The van der Waals surface area contributed by atoms with Crippen LogP contribution < -0.4 is 15.6 Å². The Labute approximate surface area is 233 Å². The smallest absolute Gasteiger partial charge is 0.274 e. The number of ether oxygens (including phenoxy) is 1. The summed E-state index contributed by atoms with van der Waals surface area (Å²) in [6.07, 6.45) is 5.85. The van der Waals surface area contributed by atoms with Crippen molar-refractivity contribution in [1.82, 2.24) is 19.4 Å². The highest BCUT2D eigenvalue weighted by atomic mass is 19.1. The number of unbranched alkanes of at least 4 members (excludes halogenated alkanes) is 1. The summed E-state index contributed by atoms with van der Waals surface area (Å²) < 4.78 is 48.4. The highest BCUT2D eigenvalue weighted by molar-refractivity contribution is 5.90. The van der Waals surface area contributed by atoms with Gasteiger partial charge in [-0.2, -0.15) is 0 Å². The number of fused-ring (bicyclic) bond motifs is 1. The number of hydrogen-bond donors (Lipinski definition) is 2. The van der Waals surface area contributed by atoms with Crippen LogP contribution in [0, 0.1) is 17.5 Å². The number of amides is 2. The van der Waals surface area contributed by atoms with E-state index in [1.807, 2.05) is 0 Å². The number of H-pyrrole nitrogens is 1. The Balaban J connectivity index is 1.42. The first kappa shape index (κ1) is 29.1. The molecule has 4 aromatic rings. The van der Waals surface area contributed by atoms with E-state index in [1.165, 1.54) is 39.9 Å². The van der Waals surface area contributed by atoms with E-state index in [9.17, 15) is 27.6 Å². The third-order valence-corrected chi connectivity index (χ3v) is 6.05. The zero-order chi connectivity index (χ0) is 29.5. The molecule has 0 aliphatic carbocycles. The number of anilines is 1. The Morgan fingerprint density at radius 3 is 2.68 bits per heavy atom. The van der Waals surface area contributed by atoms with Gasteiger partial charge in [-0.05, 0) is 49.2 Å². The van der Waals surface area contributed by atoms with Crippen LogP contribution in [0.15, 0.2) is 65.6 Å². The van der Waals surface area contributed by atoms with Crippen LogP contribution in [-0.4, -0.2) is 45.3 Å². The fraction of sp³-hybridized carbons (Fsp3) is 0.241. The average molecular weight is 568 g/mol. The third kappa shape index (κ3) is 7.62. The van der Waals surface area contributed by atoms with E-state index in [0.29, 0.717) is 24.2 Å². The van der Waals surface area contributed by atoms with E-state index in [4.69, 9.17) is 4.74 Å². The van der Waals surface area contributed by atoms with Crippen molar-refractivity contribution < 1.29 is 27.5 Å². The molecule has 0 saturated heterocycles. The third-order valence-electron chi connectivity index (χ3n) is 6.05. The number of halogens is 3. The predicted octanol–water partition coefficient (Wildman–Crippen LogP) is 4.52. The zero-order valence-electron chi connectivity index (χ0n) is 22.4. The van der Waals surface area contributed by atoms with Gasteiger partial charge in [0.15, 0.2) is 5.75 Å². The van der Waals surface area contributed by atoms with Crippen LogP contribution in [0.4, 0.5) is 18.9 Å². The van der Waals surface area contributed by atoms with Crippen molar-refractivity contribution in [2.75, 3.05) is 19.4 Å². The standard InChI is InChI=1S/C29H28F3N5O4/c1-36(2)27(39)9-5-3-4-8-26(38)34-22-7-6-12-37(29(22)40)16-25-33-23-14-20(31)15-24(28(23)35-25)41-17-18-10-11-19(30)13-21(18)32/h5-7,9-15H,3-4,8,16-17H2,1-2H3,(H,33,35)(H,34,38)/b9-5+. The molecule has 0 aliphatic rings. The lowest BCUT2D eigenvalue weighted by atomic mass is 10.2. The van der Waals surface area contributed by atoms with Gasteiger partial charge in [-0.1, -0.05) is 6.08 Å². The summed E-state index contributed by atoms with van der Waals surface area (Å²) in [5.41, 5.74) is 0.271. The Kier molecular flexibility index (Phi) is 9.23. The molecule has 2 aromatic carbocycles. The number of nitrogens with zero attached hydrogens (tertiary/aromatic N) is 3. The molecular weight excluding hydrogens is 539 g/mol. The molecule has 2 aromatic heterocycles. The maximum absolute atomic E-state index is 14.3. The van der Waals surface area contributed by atoms with E-state index in [0.717, 1.165) is 18.2 Å². The molecule has 0 bridgehead atoms. The minimum Gasteiger partial charge on any atom is -0.486 e. The number of aromatic nitrogens is 3. The van der Waals surface area contributed by atoms with Crippen molar-refractivity contribution in [3.05, 3.63) is 100 Å². The second kappa shape index (κ2) is 13.0. The molecule has 2 N–H and O–H groups in total. The number of allylic oxidation sites excluding steroid dienone is 1. The number of carbonyl (C=O) groups is 2. The lowest BCUT2D eigenvalue weighted by Crippen LogP contribution is -2.26. The normalized spacial score (nSPS) is 11.2. The Bertz CT molecular complexity index is 1660. The first-order chi connectivity index (χ1) is 19.6. The topological polar surface area (TPSA) is 109 Å². The van der Waals surface area contributed by atoms with Crippen LogP contribution in [0.25, 0.3) is 11.0 Å². The first-order valence-electron chi connectivity index (χ1n) is 12.7. The van der Waals surface area contributed by atoms with Crippen molar-refractivity contribution in [2.24, 2.45) is 0 Å². The minimum absolute atomic E-state index is 0.0183. The van der Waals surface area contributed by atoms with E-state index >= 15 is 0 Å². The molecule has 41 heavy (non-hydrogen) atoms. The molecule has 2 heterocycles. The van der Waals surface area contributed by atoms with Crippen LogP contribution in [0.3, 0.4) is 0 Å². The number of rotatable bonds is 11. The van der Waals surface area contributed by atoms with Crippen molar-refractivity contribution in [3.8, 4) is 5.75 Å².